The molecule has 1 aromatic heterocycles. The first-order valence-corrected chi connectivity index (χ1v) is 5.58. The van der Waals surface area contributed by atoms with E-state index in [0.717, 1.165) is 10.9 Å². The van der Waals surface area contributed by atoms with Crippen LogP contribution >= 0.6 is 11.6 Å². The molecule has 0 amide bonds. The Kier molecular flexibility index (Phi) is 2.72. The van der Waals surface area contributed by atoms with E-state index < -0.39 is 0 Å². The fourth-order valence-electron chi connectivity index (χ4n) is 1.81. The first kappa shape index (κ1) is 11.1. The molecule has 0 fully saturated rings. The van der Waals surface area contributed by atoms with Crippen molar-refractivity contribution in [2.45, 2.75) is 26.8 Å². The Hall–Kier alpha value is -1.35. The lowest BCUT2D eigenvalue weighted by atomic mass is 10.1. The number of para-hydroxylation sites is 1. The molecule has 1 heterocycles. The molecule has 0 unspecified atom stereocenters. The van der Waals surface area contributed by atoms with Gasteiger partial charge in [-0.05, 0) is 32.9 Å². The third-order valence-electron chi connectivity index (χ3n) is 2.55. The predicted molar refractivity (Wildman–Crippen MR) is 65.1 cm³/mol. The second-order valence-corrected chi connectivity index (χ2v) is 4.45. The van der Waals surface area contributed by atoms with Gasteiger partial charge in [0.25, 0.3) is 0 Å². The molecule has 3 nitrogen and oxygen atoms in total. The minimum absolute atomic E-state index is 0.0315. The topological polar surface area (TPSA) is 34.9 Å². The highest BCUT2D eigenvalue weighted by Gasteiger charge is 2.16. The van der Waals surface area contributed by atoms with Crippen molar-refractivity contribution in [1.29, 1.82) is 0 Å². The number of carbonyl (C=O) groups is 1. The van der Waals surface area contributed by atoms with Gasteiger partial charge >= 0.3 is 0 Å². The van der Waals surface area contributed by atoms with Crippen LogP contribution in [0, 0.1) is 0 Å². The molecule has 0 aliphatic rings. The van der Waals surface area contributed by atoms with E-state index >= 15 is 0 Å². The maximum atomic E-state index is 11.6. The molecule has 0 spiro atoms. The number of fused-ring (bicyclic) bond motifs is 1. The minimum Gasteiger partial charge on any atom is -0.294 e. The molecule has 4 heteroatoms. The first-order chi connectivity index (χ1) is 7.52. The summed E-state index contributed by atoms with van der Waals surface area (Å²) in [6.45, 7) is 5.58. The Morgan fingerprint density at radius 2 is 2.12 bits per heavy atom. The Morgan fingerprint density at radius 1 is 1.44 bits per heavy atom. The van der Waals surface area contributed by atoms with Gasteiger partial charge in [-0.3, -0.25) is 9.48 Å². The Balaban J connectivity index is 2.88. The molecule has 0 aliphatic heterocycles. The number of rotatable bonds is 2. The average molecular weight is 237 g/mol. The van der Waals surface area contributed by atoms with Gasteiger partial charge < -0.3 is 0 Å². The van der Waals surface area contributed by atoms with Crippen LogP contribution in [0.4, 0.5) is 0 Å². The Labute approximate surface area is 99.0 Å². The van der Waals surface area contributed by atoms with Crippen molar-refractivity contribution in [3.05, 3.63) is 28.9 Å². The number of halogens is 1. The lowest BCUT2D eigenvalue weighted by Crippen LogP contribution is -2.05. The highest BCUT2D eigenvalue weighted by Crippen LogP contribution is 2.28. The fourth-order valence-corrected chi connectivity index (χ4v) is 2.05. The summed E-state index contributed by atoms with van der Waals surface area (Å²) in [6, 6.07) is 5.70. The normalized spacial score (nSPS) is 11.3. The number of hydrogen-bond acceptors (Lipinski definition) is 2. The lowest BCUT2D eigenvalue weighted by Gasteiger charge is -2.09. The first-order valence-electron chi connectivity index (χ1n) is 5.20. The largest absolute Gasteiger partial charge is 0.294 e. The Bertz CT molecular complexity index is 557. The summed E-state index contributed by atoms with van der Waals surface area (Å²) in [5.41, 5.74) is 1.50. The van der Waals surface area contributed by atoms with E-state index in [1.54, 1.807) is 11.6 Å². The summed E-state index contributed by atoms with van der Waals surface area (Å²) in [7, 11) is 0. The van der Waals surface area contributed by atoms with Crippen molar-refractivity contribution in [3.8, 4) is 0 Å². The molecule has 0 radical (unpaired) electrons. The van der Waals surface area contributed by atoms with Crippen LogP contribution in [-0.4, -0.2) is 15.6 Å². The number of hydrogen-bond donors (Lipinski definition) is 0. The van der Waals surface area contributed by atoms with E-state index in [2.05, 4.69) is 5.10 Å². The zero-order valence-electron chi connectivity index (χ0n) is 9.49. The number of carbonyl (C=O) groups excluding carboxylic acids is 1. The third kappa shape index (κ3) is 1.61. The average Bonchev–Trinajstić information content (AvgIpc) is 2.56. The molecule has 1 aromatic carbocycles. The number of ketones is 1. The minimum atomic E-state index is 0.0315. The summed E-state index contributed by atoms with van der Waals surface area (Å²) in [5, 5.41) is 5.55. The van der Waals surface area contributed by atoms with Gasteiger partial charge in [0.15, 0.2) is 10.9 Å². The maximum Gasteiger partial charge on any atom is 0.161 e. The number of nitrogens with zero attached hydrogens (tertiary/aromatic N) is 2. The van der Waals surface area contributed by atoms with Crippen LogP contribution in [0.3, 0.4) is 0 Å². The standard InChI is InChI=1S/C12H13ClN2O/c1-7(2)15-11-9(8(3)16)5-4-6-10(11)12(13)14-15/h4-7H,1-3H3. The van der Waals surface area contributed by atoms with E-state index in [0.29, 0.717) is 10.7 Å². The van der Waals surface area contributed by atoms with E-state index in [4.69, 9.17) is 11.6 Å². The number of Topliss-reactive ketones (excluding diaryl/α,β-unsaturated/α-hetero) is 1. The van der Waals surface area contributed by atoms with Crippen LogP contribution in [0.1, 0.15) is 37.2 Å². The molecular weight excluding hydrogens is 224 g/mol. The zero-order chi connectivity index (χ0) is 11.9. The highest BCUT2D eigenvalue weighted by atomic mass is 35.5. The molecule has 16 heavy (non-hydrogen) atoms. The van der Waals surface area contributed by atoms with Crippen molar-refractivity contribution >= 4 is 28.3 Å². The molecule has 0 N–H and O–H groups in total. The van der Waals surface area contributed by atoms with Crippen molar-refractivity contribution in [2.24, 2.45) is 0 Å². The van der Waals surface area contributed by atoms with Gasteiger partial charge in [-0.1, -0.05) is 17.7 Å². The second kappa shape index (κ2) is 3.91. The van der Waals surface area contributed by atoms with Crippen LogP contribution < -0.4 is 0 Å². The maximum absolute atomic E-state index is 11.6. The van der Waals surface area contributed by atoms with Crippen LogP contribution in [0.25, 0.3) is 10.9 Å². The van der Waals surface area contributed by atoms with E-state index in [1.807, 2.05) is 32.0 Å². The quantitative estimate of drug-likeness (QED) is 0.749. The van der Waals surface area contributed by atoms with Gasteiger partial charge in [0.05, 0.1) is 5.52 Å². The van der Waals surface area contributed by atoms with Crippen LogP contribution in [0.5, 0.6) is 0 Å². The van der Waals surface area contributed by atoms with Crippen molar-refractivity contribution in [1.82, 2.24) is 9.78 Å². The smallest absolute Gasteiger partial charge is 0.161 e. The second-order valence-electron chi connectivity index (χ2n) is 4.09. The van der Waals surface area contributed by atoms with Gasteiger partial charge in [0, 0.05) is 17.0 Å². The monoisotopic (exact) mass is 236 g/mol. The van der Waals surface area contributed by atoms with E-state index in [-0.39, 0.29) is 11.8 Å². The van der Waals surface area contributed by atoms with Crippen LogP contribution in [0.2, 0.25) is 5.15 Å². The predicted octanol–water partition coefficient (Wildman–Crippen LogP) is 3.47. The van der Waals surface area contributed by atoms with E-state index in [1.165, 1.54) is 0 Å². The number of aromatic nitrogens is 2. The summed E-state index contributed by atoms with van der Waals surface area (Å²) in [4.78, 5) is 11.6. The molecule has 0 atom stereocenters. The van der Waals surface area contributed by atoms with Crippen molar-refractivity contribution < 1.29 is 4.79 Å². The fraction of sp³-hybridized carbons (Fsp3) is 0.333. The molecule has 0 aliphatic carbocycles. The molecule has 2 aromatic rings. The zero-order valence-corrected chi connectivity index (χ0v) is 10.2. The molecule has 0 saturated carbocycles. The molecule has 2 rings (SSSR count). The number of benzene rings is 1. The summed E-state index contributed by atoms with van der Waals surface area (Å²) in [5.74, 6) is 0.0315. The van der Waals surface area contributed by atoms with Gasteiger partial charge in [-0.2, -0.15) is 5.10 Å². The molecule has 84 valence electrons. The van der Waals surface area contributed by atoms with Crippen LogP contribution in [0.15, 0.2) is 18.2 Å². The van der Waals surface area contributed by atoms with Crippen molar-refractivity contribution in [2.75, 3.05) is 0 Å². The molecule has 0 saturated heterocycles. The summed E-state index contributed by atoms with van der Waals surface area (Å²) >= 11 is 6.06. The molecular formula is C12H13ClN2O. The Morgan fingerprint density at radius 3 is 2.69 bits per heavy atom. The van der Waals surface area contributed by atoms with E-state index in [9.17, 15) is 4.79 Å². The highest BCUT2D eigenvalue weighted by molar-refractivity contribution is 6.34. The third-order valence-corrected chi connectivity index (χ3v) is 2.83. The summed E-state index contributed by atoms with van der Waals surface area (Å²) < 4.78 is 1.80. The van der Waals surface area contributed by atoms with Crippen LogP contribution in [-0.2, 0) is 0 Å². The van der Waals surface area contributed by atoms with Gasteiger partial charge in [0.2, 0.25) is 0 Å². The van der Waals surface area contributed by atoms with Gasteiger partial charge in [-0.15, -0.1) is 0 Å². The lowest BCUT2D eigenvalue weighted by molar-refractivity contribution is 0.101. The molecule has 0 bridgehead atoms. The summed E-state index contributed by atoms with van der Waals surface area (Å²) in [6.07, 6.45) is 0. The van der Waals surface area contributed by atoms with Gasteiger partial charge in [0.1, 0.15) is 0 Å². The van der Waals surface area contributed by atoms with Crippen molar-refractivity contribution in [3.63, 3.8) is 0 Å². The SMILES string of the molecule is CC(=O)c1cccc2c(Cl)nn(C(C)C)c12. The van der Waals surface area contributed by atoms with Gasteiger partial charge in [-0.25, -0.2) is 0 Å².